The van der Waals surface area contributed by atoms with E-state index in [1.807, 2.05) is 11.1 Å². The Labute approximate surface area is 185 Å². The largest absolute Gasteiger partial charge is 0.493 e. The van der Waals surface area contributed by atoms with Crippen molar-refractivity contribution in [3.8, 4) is 11.5 Å². The molecular weight excluding hydrogens is 415 g/mol. The average Bonchev–Trinajstić information content (AvgIpc) is 3.21. The monoisotopic (exact) mass is 440 g/mol. The van der Waals surface area contributed by atoms with Crippen LogP contribution in [0.3, 0.4) is 0 Å². The molecular formula is C23H25FN4O4. The molecule has 2 heterocycles. The summed E-state index contributed by atoms with van der Waals surface area (Å²) in [5.41, 5.74) is 6.96. The Hall–Kier alpha value is -3.62. The molecule has 0 bridgehead atoms. The predicted molar refractivity (Wildman–Crippen MR) is 119 cm³/mol. The van der Waals surface area contributed by atoms with Crippen molar-refractivity contribution in [3.05, 3.63) is 41.7 Å². The third-order valence-corrected chi connectivity index (χ3v) is 5.54. The fraction of sp³-hybridized carbons (Fsp3) is 0.348. The van der Waals surface area contributed by atoms with Crippen molar-refractivity contribution in [2.75, 3.05) is 31.3 Å². The number of anilines is 2. The molecule has 168 valence electrons. The van der Waals surface area contributed by atoms with Crippen LogP contribution < -0.4 is 20.5 Å². The Morgan fingerprint density at radius 3 is 2.94 bits per heavy atom. The molecule has 9 heteroatoms. The summed E-state index contributed by atoms with van der Waals surface area (Å²) in [6, 6.07) is 7.42. The first-order valence-electron chi connectivity index (χ1n) is 10.5. The van der Waals surface area contributed by atoms with Crippen molar-refractivity contribution in [2.24, 2.45) is 4.99 Å². The summed E-state index contributed by atoms with van der Waals surface area (Å²) in [5.74, 6) is 0.0888. The summed E-state index contributed by atoms with van der Waals surface area (Å²) in [6.45, 7) is 0.989. The lowest BCUT2D eigenvalue weighted by molar-refractivity contribution is -0.116. The van der Waals surface area contributed by atoms with Gasteiger partial charge in [0.25, 0.3) is 5.91 Å². The van der Waals surface area contributed by atoms with E-state index in [0.29, 0.717) is 34.9 Å². The molecule has 2 aromatic rings. The number of methoxy groups -OCH3 is 1. The highest BCUT2D eigenvalue weighted by Crippen LogP contribution is 2.38. The van der Waals surface area contributed by atoms with Crippen LogP contribution in [0.1, 0.15) is 36.0 Å². The van der Waals surface area contributed by atoms with Crippen LogP contribution in [0.5, 0.6) is 11.5 Å². The zero-order valence-corrected chi connectivity index (χ0v) is 17.8. The normalized spacial score (nSPS) is 16.9. The topological polar surface area (TPSA) is 106 Å². The Kier molecular flexibility index (Phi) is 6.25. The van der Waals surface area contributed by atoms with Gasteiger partial charge in [-0.15, -0.1) is 0 Å². The number of nitrogens with two attached hydrogens (primary N) is 1. The van der Waals surface area contributed by atoms with E-state index in [0.717, 1.165) is 19.4 Å². The molecule has 32 heavy (non-hydrogen) atoms. The first-order valence-corrected chi connectivity index (χ1v) is 10.5. The van der Waals surface area contributed by atoms with Gasteiger partial charge < -0.3 is 25.4 Å². The van der Waals surface area contributed by atoms with Crippen molar-refractivity contribution in [1.82, 2.24) is 4.90 Å². The highest BCUT2D eigenvalue weighted by atomic mass is 19.1. The minimum absolute atomic E-state index is 0.0250. The van der Waals surface area contributed by atoms with Crippen LogP contribution in [-0.2, 0) is 4.79 Å². The fourth-order valence-corrected chi connectivity index (χ4v) is 3.88. The van der Waals surface area contributed by atoms with Gasteiger partial charge in [-0.25, -0.2) is 4.39 Å². The second-order valence-corrected chi connectivity index (χ2v) is 7.74. The molecule has 1 saturated heterocycles. The minimum atomic E-state index is -0.530. The van der Waals surface area contributed by atoms with Crippen molar-refractivity contribution < 1.29 is 23.5 Å². The van der Waals surface area contributed by atoms with E-state index in [1.165, 1.54) is 25.3 Å². The second-order valence-electron chi connectivity index (χ2n) is 7.74. The highest BCUT2D eigenvalue weighted by Gasteiger charge is 2.32. The molecule has 0 saturated carbocycles. The number of carbonyl (C=O) groups is 2. The maximum Gasteiger partial charge on any atom is 0.256 e. The molecule has 0 spiro atoms. The number of carbonyl (C=O) groups excluding carboxylic acids is 2. The average molecular weight is 440 g/mol. The number of aliphatic imine (C=N–C) groups is 1. The van der Waals surface area contributed by atoms with E-state index in [1.54, 1.807) is 12.1 Å². The molecule has 0 aromatic heterocycles. The summed E-state index contributed by atoms with van der Waals surface area (Å²) in [5, 5.41) is 2.68. The third-order valence-electron chi connectivity index (χ3n) is 5.54. The van der Waals surface area contributed by atoms with Gasteiger partial charge in [0, 0.05) is 30.9 Å². The maximum atomic E-state index is 13.2. The lowest BCUT2D eigenvalue weighted by Crippen LogP contribution is -2.35. The number of halogens is 1. The second kappa shape index (κ2) is 9.25. The summed E-state index contributed by atoms with van der Waals surface area (Å²) in [7, 11) is 1.51. The zero-order valence-electron chi connectivity index (χ0n) is 17.8. The molecule has 0 unspecified atom stereocenters. The Balaban J connectivity index is 1.36. The van der Waals surface area contributed by atoms with Crippen LogP contribution in [0.4, 0.5) is 21.5 Å². The number of fused-ring (bicyclic) bond motifs is 2. The predicted octanol–water partition coefficient (Wildman–Crippen LogP) is 3.53. The number of hydrogen-bond donors (Lipinski definition) is 2. The molecule has 2 aliphatic rings. The summed E-state index contributed by atoms with van der Waals surface area (Å²) >= 11 is 0. The van der Waals surface area contributed by atoms with E-state index in [9.17, 15) is 14.0 Å². The van der Waals surface area contributed by atoms with Gasteiger partial charge in [0.05, 0.1) is 36.7 Å². The Morgan fingerprint density at radius 1 is 1.31 bits per heavy atom. The van der Waals surface area contributed by atoms with Gasteiger partial charge in [-0.2, -0.15) is 0 Å². The maximum absolute atomic E-state index is 13.2. The van der Waals surface area contributed by atoms with Crippen molar-refractivity contribution in [2.45, 2.75) is 31.7 Å². The quantitative estimate of drug-likeness (QED) is 0.506. The molecule has 0 radical (unpaired) electrons. The van der Waals surface area contributed by atoms with Crippen LogP contribution >= 0.6 is 0 Å². The fourth-order valence-electron chi connectivity index (χ4n) is 3.88. The molecule has 1 fully saturated rings. The number of ether oxygens (including phenoxy) is 2. The van der Waals surface area contributed by atoms with E-state index in [-0.39, 0.29) is 36.6 Å². The first-order chi connectivity index (χ1) is 15.5. The first kappa shape index (κ1) is 21.6. The van der Waals surface area contributed by atoms with E-state index in [4.69, 9.17) is 15.2 Å². The van der Waals surface area contributed by atoms with Crippen molar-refractivity contribution in [1.29, 1.82) is 0 Å². The van der Waals surface area contributed by atoms with Crippen molar-refractivity contribution >= 4 is 35.1 Å². The standard InChI is InChI=1S/C23H25FN4O4/c1-31-20-11-16-19(26-13-15-4-2-8-28(15)23(16)30)12-21(20)32-9-3-5-22(29)27-14-6-7-17(24)18(25)10-14/h6-7,10-13,15H,2-5,8-9,25H2,1H3,(H,27,29)/t15-/m0/s1. The number of nitrogens with one attached hydrogen (secondary N) is 1. The van der Waals surface area contributed by atoms with Gasteiger partial charge >= 0.3 is 0 Å². The molecule has 2 aromatic carbocycles. The number of amides is 2. The number of nitrogens with zero attached hydrogens (tertiary/aromatic N) is 2. The molecule has 3 N–H and O–H groups in total. The van der Waals surface area contributed by atoms with Gasteiger partial charge in [-0.05, 0) is 43.5 Å². The number of hydrogen-bond acceptors (Lipinski definition) is 6. The highest BCUT2D eigenvalue weighted by molar-refractivity contribution is 6.03. The van der Waals surface area contributed by atoms with Crippen LogP contribution in [0.25, 0.3) is 0 Å². The SMILES string of the molecule is COc1cc2c(cc1OCCCC(=O)Nc1ccc(F)c(N)c1)N=C[C@@H]1CCCN1C2=O. The number of nitrogen functional groups attached to an aromatic ring is 1. The van der Waals surface area contributed by atoms with E-state index >= 15 is 0 Å². The van der Waals surface area contributed by atoms with Gasteiger partial charge in [0.1, 0.15) is 5.82 Å². The molecule has 8 nitrogen and oxygen atoms in total. The molecule has 2 aliphatic heterocycles. The van der Waals surface area contributed by atoms with E-state index < -0.39 is 5.82 Å². The van der Waals surface area contributed by atoms with Gasteiger partial charge in [0.15, 0.2) is 11.5 Å². The third kappa shape index (κ3) is 4.51. The zero-order chi connectivity index (χ0) is 22.7. The minimum Gasteiger partial charge on any atom is -0.493 e. The summed E-state index contributed by atoms with van der Waals surface area (Å²) in [4.78, 5) is 31.4. The van der Waals surface area contributed by atoms with Crippen LogP contribution in [0, 0.1) is 5.82 Å². The molecule has 2 amide bonds. The summed E-state index contributed by atoms with van der Waals surface area (Å²) < 4.78 is 24.5. The molecule has 0 aliphatic carbocycles. The number of benzene rings is 2. The van der Waals surface area contributed by atoms with Crippen molar-refractivity contribution in [3.63, 3.8) is 0 Å². The number of rotatable bonds is 7. The summed E-state index contributed by atoms with van der Waals surface area (Å²) in [6.07, 6.45) is 4.35. The smallest absolute Gasteiger partial charge is 0.256 e. The van der Waals surface area contributed by atoms with Crippen LogP contribution in [0.2, 0.25) is 0 Å². The van der Waals surface area contributed by atoms with E-state index in [2.05, 4.69) is 10.3 Å². The lowest BCUT2D eigenvalue weighted by Gasteiger charge is -2.20. The van der Waals surface area contributed by atoms with Gasteiger partial charge in [0.2, 0.25) is 5.91 Å². The van der Waals surface area contributed by atoms with Crippen LogP contribution in [-0.4, -0.2) is 49.2 Å². The lowest BCUT2D eigenvalue weighted by atomic mass is 10.1. The van der Waals surface area contributed by atoms with Crippen LogP contribution in [0.15, 0.2) is 35.3 Å². The Bertz CT molecular complexity index is 1070. The Morgan fingerprint density at radius 2 is 2.16 bits per heavy atom. The molecule has 4 rings (SSSR count). The van der Waals surface area contributed by atoms with Gasteiger partial charge in [-0.3, -0.25) is 14.6 Å². The van der Waals surface area contributed by atoms with Gasteiger partial charge in [-0.1, -0.05) is 0 Å². The molecule has 1 atom stereocenters.